The highest BCUT2D eigenvalue weighted by Gasteiger charge is 2.21. The fourth-order valence-electron chi connectivity index (χ4n) is 3.35. The number of hydrogen-bond acceptors (Lipinski definition) is 4. The first-order valence-electron chi connectivity index (χ1n) is 8.54. The van der Waals surface area contributed by atoms with Crippen molar-refractivity contribution in [2.75, 3.05) is 31.1 Å². The Kier molecular flexibility index (Phi) is 4.23. The van der Waals surface area contributed by atoms with Gasteiger partial charge in [-0.2, -0.15) is 0 Å². The fourth-order valence-corrected chi connectivity index (χ4v) is 4.63. The Morgan fingerprint density at radius 3 is 2.60 bits per heavy atom. The summed E-state index contributed by atoms with van der Waals surface area (Å²) < 4.78 is 25.8. The van der Waals surface area contributed by atoms with E-state index in [4.69, 9.17) is 0 Å². The summed E-state index contributed by atoms with van der Waals surface area (Å²) in [7, 11) is -3.54. The first kappa shape index (κ1) is 16.2. The largest absolute Gasteiger partial charge is 0.370 e. The van der Waals surface area contributed by atoms with Gasteiger partial charge in [0.15, 0.2) is 0 Å². The number of aromatic nitrogens is 1. The minimum absolute atomic E-state index is 0.245. The molecule has 2 N–H and O–H groups in total. The number of H-pyrrole nitrogens is 1. The van der Waals surface area contributed by atoms with Crippen molar-refractivity contribution in [2.45, 2.75) is 16.3 Å². The molecule has 1 aliphatic rings. The molecule has 2 aromatic carbocycles. The zero-order valence-corrected chi connectivity index (χ0v) is 14.7. The summed E-state index contributed by atoms with van der Waals surface area (Å²) in [4.78, 5) is 5.74. The third-order valence-corrected chi connectivity index (χ3v) is 6.33. The van der Waals surface area contributed by atoms with Gasteiger partial charge in [-0.1, -0.05) is 24.3 Å². The van der Waals surface area contributed by atoms with Crippen molar-refractivity contribution in [3.63, 3.8) is 0 Å². The topological polar surface area (TPSA) is 65.2 Å². The van der Waals surface area contributed by atoms with Crippen molar-refractivity contribution in [3.05, 3.63) is 54.6 Å². The van der Waals surface area contributed by atoms with Gasteiger partial charge in [-0.3, -0.25) is 0 Å². The zero-order chi connectivity index (χ0) is 17.3. The van der Waals surface area contributed by atoms with Gasteiger partial charge in [0, 0.05) is 36.2 Å². The molecule has 3 aromatic rings. The maximum atomic E-state index is 12.9. The first-order valence-corrected chi connectivity index (χ1v) is 10.0. The van der Waals surface area contributed by atoms with Gasteiger partial charge in [-0.15, -0.1) is 0 Å². The monoisotopic (exact) mass is 355 g/mol. The number of hydrogen-bond donors (Lipinski definition) is 2. The molecular formula is C19H21N3O2S. The molecule has 0 unspecified atom stereocenters. The van der Waals surface area contributed by atoms with Gasteiger partial charge in [0.2, 0.25) is 9.84 Å². The van der Waals surface area contributed by atoms with Gasteiger partial charge in [0.25, 0.3) is 0 Å². The Morgan fingerprint density at radius 1 is 0.920 bits per heavy atom. The van der Waals surface area contributed by atoms with Crippen molar-refractivity contribution >= 4 is 26.4 Å². The second-order valence-corrected chi connectivity index (χ2v) is 8.20. The van der Waals surface area contributed by atoms with E-state index in [9.17, 15) is 8.42 Å². The lowest BCUT2D eigenvalue weighted by Crippen LogP contribution is -2.27. The van der Waals surface area contributed by atoms with Crippen LogP contribution in [0.15, 0.2) is 64.5 Å². The average Bonchev–Trinajstić information content (AvgIpc) is 2.91. The van der Waals surface area contributed by atoms with E-state index >= 15 is 0 Å². The Morgan fingerprint density at radius 2 is 1.76 bits per heavy atom. The molecule has 0 radical (unpaired) electrons. The van der Waals surface area contributed by atoms with Crippen molar-refractivity contribution in [2.24, 2.45) is 0 Å². The minimum Gasteiger partial charge on any atom is -0.370 e. The van der Waals surface area contributed by atoms with Crippen LogP contribution in [0.4, 0.5) is 5.69 Å². The molecule has 1 aromatic heterocycles. The van der Waals surface area contributed by atoms with Crippen molar-refractivity contribution < 1.29 is 8.42 Å². The number of fused-ring (bicyclic) bond motifs is 1. The maximum absolute atomic E-state index is 12.9. The Bertz CT molecular complexity index is 972. The SMILES string of the molecule is O=S(=O)(c1ccccc1)c1cc2c(N3CCCNCC3)cccc2[nH]1. The molecule has 130 valence electrons. The van der Waals surface area contributed by atoms with E-state index in [0.29, 0.717) is 4.90 Å². The Labute approximate surface area is 147 Å². The van der Waals surface area contributed by atoms with Crippen LogP contribution in [0.25, 0.3) is 10.9 Å². The molecule has 5 nitrogen and oxygen atoms in total. The molecule has 2 heterocycles. The van der Waals surface area contributed by atoms with Crippen LogP contribution in [0.5, 0.6) is 0 Å². The van der Waals surface area contributed by atoms with Crippen LogP contribution in [0.3, 0.4) is 0 Å². The molecule has 4 rings (SSSR count). The number of nitrogens with one attached hydrogen (secondary N) is 2. The molecule has 25 heavy (non-hydrogen) atoms. The average molecular weight is 355 g/mol. The molecule has 0 amide bonds. The number of anilines is 1. The smallest absolute Gasteiger partial charge is 0.221 e. The maximum Gasteiger partial charge on any atom is 0.221 e. The molecule has 0 atom stereocenters. The van der Waals surface area contributed by atoms with E-state index in [1.807, 2.05) is 18.2 Å². The lowest BCUT2D eigenvalue weighted by molar-refractivity contribution is 0.593. The van der Waals surface area contributed by atoms with Crippen LogP contribution in [0.2, 0.25) is 0 Å². The highest BCUT2D eigenvalue weighted by atomic mass is 32.2. The van der Waals surface area contributed by atoms with Crippen molar-refractivity contribution in [1.82, 2.24) is 10.3 Å². The lowest BCUT2D eigenvalue weighted by Gasteiger charge is -2.23. The number of nitrogens with zero attached hydrogens (tertiary/aromatic N) is 1. The van der Waals surface area contributed by atoms with Crippen LogP contribution in [-0.4, -0.2) is 39.6 Å². The van der Waals surface area contributed by atoms with E-state index in [1.54, 1.807) is 30.3 Å². The first-order chi connectivity index (χ1) is 12.2. The summed E-state index contributed by atoms with van der Waals surface area (Å²) in [5.41, 5.74) is 1.94. The predicted octanol–water partition coefficient (Wildman–Crippen LogP) is 2.80. The van der Waals surface area contributed by atoms with E-state index < -0.39 is 9.84 Å². The highest BCUT2D eigenvalue weighted by molar-refractivity contribution is 7.91. The summed E-state index contributed by atoms with van der Waals surface area (Å²) in [5, 5.41) is 4.60. The zero-order valence-electron chi connectivity index (χ0n) is 13.9. The molecule has 0 aliphatic carbocycles. The molecular weight excluding hydrogens is 334 g/mol. The number of aromatic amines is 1. The van der Waals surface area contributed by atoms with Crippen molar-refractivity contribution in [1.29, 1.82) is 0 Å². The third kappa shape index (κ3) is 3.03. The Balaban J connectivity index is 1.79. The number of sulfone groups is 1. The number of rotatable bonds is 3. The van der Waals surface area contributed by atoms with Gasteiger partial charge in [-0.25, -0.2) is 8.42 Å². The summed E-state index contributed by atoms with van der Waals surface area (Å²) >= 11 is 0. The van der Waals surface area contributed by atoms with Gasteiger partial charge >= 0.3 is 0 Å². The van der Waals surface area contributed by atoms with Crippen LogP contribution >= 0.6 is 0 Å². The standard InChI is InChI=1S/C19H21N3O2S/c23-25(24,15-6-2-1-3-7-15)19-14-16-17(21-19)8-4-9-18(16)22-12-5-10-20-11-13-22/h1-4,6-9,14,20-21H,5,10-13H2. The molecule has 0 saturated carbocycles. The quantitative estimate of drug-likeness (QED) is 0.758. The van der Waals surface area contributed by atoms with E-state index in [-0.39, 0.29) is 5.03 Å². The normalized spacial score (nSPS) is 16.1. The molecule has 6 heteroatoms. The molecule has 1 saturated heterocycles. The van der Waals surface area contributed by atoms with E-state index in [2.05, 4.69) is 21.3 Å². The molecule has 0 bridgehead atoms. The lowest BCUT2D eigenvalue weighted by atomic mass is 10.2. The third-order valence-electron chi connectivity index (χ3n) is 4.64. The molecule has 1 aliphatic heterocycles. The van der Waals surface area contributed by atoms with E-state index in [0.717, 1.165) is 49.2 Å². The predicted molar refractivity (Wildman–Crippen MR) is 99.9 cm³/mol. The van der Waals surface area contributed by atoms with Crippen LogP contribution in [0, 0.1) is 0 Å². The van der Waals surface area contributed by atoms with Gasteiger partial charge < -0.3 is 15.2 Å². The minimum atomic E-state index is -3.54. The summed E-state index contributed by atoms with van der Waals surface area (Å²) in [6.07, 6.45) is 1.08. The van der Waals surface area contributed by atoms with Gasteiger partial charge in [0.1, 0.15) is 5.03 Å². The van der Waals surface area contributed by atoms with Crippen LogP contribution in [0.1, 0.15) is 6.42 Å². The Hall–Kier alpha value is -2.31. The second kappa shape index (κ2) is 6.54. The number of benzene rings is 2. The van der Waals surface area contributed by atoms with Crippen LogP contribution in [-0.2, 0) is 9.84 Å². The fraction of sp³-hybridized carbons (Fsp3) is 0.263. The molecule has 1 fully saturated rings. The molecule has 0 spiro atoms. The summed E-state index contributed by atoms with van der Waals surface area (Å²) in [6, 6.07) is 16.3. The second-order valence-electron chi connectivity index (χ2n) is 6.28. The summed E-state index contributed by atoms with van der Waals surface area (Å²) in [5.74, 6) is 0. The van der Waals surface area contributed by atoms with E-state index in [1.165, 1.54) is 0 Å². The van der Waals surface area contributed by atoms with Crippen LogP contribution < -0.4 is 10.2 Å². The van der Waals surface area contributed by atoms with Crippen molar-refractivity contribution in [3.8, 4) is 0 Å². The van der Waals surface area contributed by atoms with Gasteiger partial charge in [0.05, 0.1) is 4.90 Å². The van der Waals surface area contributed by atoms with Gasteiger partial charge in [-0.05, 0) is 43.3 Å². The highest BCUT2D eigenvalue weighted by Crippen LogP contribution is 2.31. The summed E-state index contributed by atoms with van der Waals surface area (Å²) in [6.45, 7) is 3.85.